The van der Waals surface area contributed by atoms with Gasteiger partial charge in [0.15, 0.2) is 0 Å². The second-order valence-corrected chi connectivity index (χ2v) is 10.1. The van der Waals surface area contributed by atoms with Crippen LogP contribution in [0.4, 0.5) is 11.5 Å². The molecule has 3 aromatic rings. The van der Waals surface area contributed by atoms with E-state index in [0.29, 0.717) is 27.4 Å². The quantitative estimate of drug-likeness (QED) is 0.117. The molecule has 0 saturated carbocycles. The summed E-state index contributed by atoms with van der Waals surface area (Å²) < 4.78 is 7.04. The molecule has 0 spiro atoms. The van der Waals surface area contributed by atoms with Crippen LogP contribution in [0.15, 0.2) is 54.7 Å². The normalized spacial score (nSPS) is 12.8. The van der Waals surface area contributed by atoms with E-state index in [0.717, 1.165) is 47.0 Å². The van der Waals surface area contributed by atoms with Crippen LogP contribution < -0.4 is 15.4 Å². The highest BCUT2D eigenvalue weighted by atomic mass is 127. The molecule has 1 fully saturated rings. The Bertz CT molecular complexity index is 1290. The highest BCUT2D eigenvalue weighted by Gasteiger charge is 2.22. The molecule has 8 nitrogen and oxygen atoms in total. The van der Waals surface area contributed by atoms with Crippen molar-refractivity contribution >= 4 is 74.3 Å². The molecule has 2 heterocycles. The van der Waals surface area contributed by atoms with Crippen molar-refractivity contribution in [3.63, 3.8) is 0 Å². The summed E-state index contributed by atoms with van der Waals surface area (Å²) in [5.74, 6) is 0.515. The molecule has 1 aliphatic heterocycles. The third-order valence-electron chi connectivity index (χ3n) is 6.08. The third-order valence-corrected chi connectivity index (χ3v) is 7.84. The molecular formula is C27H27I2N5O3. The number of pyridine rings is 1. The monoisotopic (exact) mass is 723 g/mol. The van der Waals surface area contributed by atoms with Crippen LogP contribution >= 0.6 is 45.2 Å². The number of carbonyl (C=O) groups is 2. The number of nitrogens with one attached hydrogen (secondary N) is 3. The smallest absolute Gasteiger partial charge is 0.259 e. The van der Waals surface area contributed by atoms with Gasteiger partial charge in [0.1, 0.15) is 17.4 Å². The van der Waals surface area contributed by atoms with Gasteiger partial charge < -0.3 is 20.3 Å². The van der Waals surface area contributed by atoms with Crippen molar-refractivity contribution < 1.29 is 14.3 Å². The Morgan fingerprint density at radius 2 is 1.62 bits per heavy atom. The zero-order chi connectivity index (χ0) is 26.4. The maximum absolute atomic E-state index is 13.3. The number of alkyl halides is 2. The van der Waals surface area contributed by atoms with E-state index < -0.39 is 5.91 Å². The average molecular weight is 723 g/mol. The first-order chi connectivity index (χ1) is 17.9. The van der Waals surface area contributed by atoms with E-state index in [4.69, 9.17) is 10.1 Å². The maximum Gasteiger partial charge on any atom is 0.259 e. The van der Waals surface area contributed by atoms with Gasteiger partial charge in [-0.05, 0) is 54.3 Å². The molecule has 0 atom stereocenters. The van der Waals surface area contributed by atoms with Gasteiger partial charge in [0.2, 0.25) is 0 Å². The topological polar surface area (TPSA) is 107 Å². The Hall–Kier alpha value is -2.74. The minimum absolute atomic E-state index is 0.284. The van der Waals surface area contributed by atoms with Crippen LogP contribution in [0.3, 0.4) is 0 Å². The summed E-state index contributed by atoms with van der Waals surface area (Å²) in [5, 5.41) is 14.1. The fourth-order valence-electron chi connectivity index (χ4n) is 4.07. The van der Waals surface area contributed by atoms with Crippen LogP contribution in [0.1, 0.15) is 50.2 Å². The first kappa shape index (κ1) is 27.3. The Morgan fingerprint density at radius 1 is 0.946 bits per heavy atom. The number of methoxy groups -OCH3 is 1. The van der Waals surface area contributed by atoms with E-state index in [1.807, 2.05) is 17.0 Å². The molecule has 0 radical (unpaired) electrons. The molecule has 0 unspecified atom stereocenters. The lowest BCUT2D eigenvalue weighted by Crippen LogP contribution is -2.27. The number of rotatable bonds is 8. The van der Waals surface area contributed by atoms with E-state index in [1.54, 1.807) is 42.6 Å². The Labute approximate surface area is 243 Å². The number of hydrogen-bond donors (Lipinski definition) is 3. The fraction of sp³-hybridized carbons (Fsp3) is 0.259. The molecule has 1 aromatic heterocycles. The lowest BCUT2D eigenvalue weighted by Gasteiger charge is -2.19. The summed E-state index contributed by atoms with van der Waals surface area (Å²) >= 11 is 4.47. The summed E-state index contributed by atoms with van der Waals surface area (Å²) in [6, 6.07) is 14.2. The standard InChI is InChI=1S/C27H27I2N5O3/c1-37-22-13-18(15-29)12-21(27(36)32-23-9-4-17(14-28)16-31-23)24(22)33-26(35)20-7-5-19(6-8-20)25(30)34-10-2-3-11-34/h4-9,12-13,16,30H,2-3,10-11,14-15H2,1H3,(H,33,35)(H,31,32,36). The fourth-order valence-corrected chi connectivity index (χ4v) is 4.96. The van der Waals surface area contributed by atoms with Gasteiger partial charge in [-0.2, -0.15) is 0 Å². The molecule has 0 bridgehead atoms. The first-order valence-corrected chi connectivity index (χ1v) is 14.8. The number of likely N-dealkylation sites (tertiary alicyclic amines) is 1. The van der Waals surface area contributed by atoms with Gasteiger partial charge >= 0.3 is 0 Å². The van der Waals surface area contributed by atoms with Crippen LogP contribution in [-0.4, -0.2) is 47.7 Å². The molecule has 10 heteroatoms. The molecule has 2 aromatic carbocycles. The Balaban J connectivity index is 1.58. The highest BCUT2D eigenvalue weighted by molar-refractivity contribution is 14.1. The number of hydrogen-bond acceptors (Lipinski definition) is 5. The van der Waals surface area contributed by atoms with Gasteiger partial charge in [0, 0.05) is 39.3 Å². The van der Waals surface area contributed by atoms with Crippen molar-refractivity contribution in [3.8, 4) is 5.75 Å². The number of benzene rings is 2. The zero-order valence-corrected chi connectivity index (χ0v) is 24.6. The number of halogens is 2. The van der Waals surface area contributed by atoms with Crippen molar-refractivity contribution in [2.24, 2.45) is 0 Å². The van der Waals surface area contributed by atoms with Crippen molar-refractivity contribution in [2.45, 2.75) is 21.7 Å². The SMILES string of the molecule is COc1cc(CI)cc(C(=O)Nc2ccc(CI)cn2)c1NC(=O)c1ccc(C(=N)N2CCCC2)cc1. The first-order valence-electron chi connectivity index (χ1n) is 11.8. The number of carbonyl (C=O) groups excluding carboxylic acids is 2. The number of amidine groups is 1. The second kappa shape index (κ2) is 12.7. The van der Waals surface area contributed by atoms with Crippen LogP contribution in [0.5, 0.6) is 5.75 Å². The summed E-state index contributed by atoms with van der Waals surface area (Å²) in [7, 11) is 1.51. The summed E-state index contributed by atoms with van der Waals surface area (Å²) in [4.78, 5) is 32.9. The predicted molar refractivity (Wildman–Crippen MR) is 163 cm³/mol. The largest absolute Gasteiger partial charge is 0.495 e. The predicted octanol–water partition coefficient (Wildman–Crippen LogP) is 5.89. The van der Waals surface area contributed by atoms with Gasteiger partial charge in [0.25, 0.3) is 11.8 Å². The van der Waals surface area contributed by atoms with Crippen LogP contribution in [-0.2, 0) is 8.86 Å². The molecule has 37 heavy (non-hydrogen) atoms. The van der Waals surface area contributed by atoms with Gasteiger partial charge in [0.05, 0.1) is 18.4 Å². The molecule has 1 aliphatic rings. The Morgan fingerprint density at radius 3 is 2.22 bits per heavy atom. The number of nitrogens with zero attached hydrogens (tertiary/aromatic N) is 2. The summed E-state index contributed by atoms with van der Waals surface area (Å²) in [6.45, 7) is 1.77. The van der Waals surface area contributed by atoms with Crippen molar-refractivity contribution in [1.29, 1.82) is 5.41 Å². The number of anilines is 2. The van der Waals surface area contributed by atoms with Crippen molar-refractivity contribution in [3.05, 3.63) is 82.5 Å². The minimum atomic E-state index is -0.399. The van der Waals surface area contributed by atoms with E-state index in [2.05, 4.69) is 60.8 Å². The second-order valence-electron chi connectivity index (χ2n) is 8.57. The lowest BCUT2D eigenvalue weighted by atomic mass is 10.1. The highest BCUT2D eigenvalue weighted by Crippen LogP contribution is 2.32. The van der Waals surface area contributed by atoms with E-state index >= 15 is 0 Å². The average Bonchev–Trinajstić information content (AvgIpc) is 3.48. The van der Waals surface area contributed by atoms with Crippen molar-refractivity contribution in [1.82, 2.24) is 9.88 Å². The molecule has 3 N–H and O–H groups in total. The van der Waals surface area contributed by atoms with E-state index in [1.165, 1.54) is 7.11 Å². The third kappa shape index (κ3) is 6.58. The van der Waals surface area contributed by atoms with Gasteiger partial charge in [-0.3, -0.25) is 15.0 Å². The molecule has 4 rings (SSSR count). The van der Waals surface area contributed by atoms with Crippen molar-refractivity contribution in [2.75, 3.05) is 30.8 Å². The van der Waals surface area contributed by atoms with Crippen LogP contribution in [0, 0.1) is 5.41 Å². The Kier molecular flexibility index (Phi) is 9.35. The van der Waals surface area contributed by atoms with Crippen LogP contribution in [0.2, 0.25) is 0 Å². The van der Waals surface area contributed by atoms with Crippen LogP contribution in [0.25, 0.3) is 0 Å². The number of amides is 2. The number of ether oxygens (including phenoxy) is 1. The number of aromatic nitrogens is 1. The molecule has 0 aliphatic carbocycles. The molecule has 2 amide bonds. The van der Waals surface area contributed by atoms with Gasteiger partial charge in [-0.1, -0.05) is 63.4 Å². The summed E-state index contributed by atoms with van der Waals surface area (Å²) in [6.07, 6.45) is 3.91. The van der Waals surface area contributed by atoms with E-state index in [9.17, 15) is 9.59 Å². The van der Waals surface area contributed by atoms with E-state index in [-0.39, 0.29) is 17.2 Å². The molecule has 192 valence electrons. The van der Waals surface area contributed by atoms with Gasteiger partial charge in [-0.15, -0.1) is 0 Å². The van der Waals surface area contributed by atoms with Gasteiger partial charge in [-0.25, -0.2) is 4.98 Å². The molecular weight excluding hydrogens is 696 g/mol. The zero-order valence-electron chi connectivity index (χ0n) is 20.3. The maximum atomic E-state index is 13.3. The summed E-state index contributed by atoms with van der Waals surface area (Å²) in [5.41, 5.74) is 3.70. The lowest BCUT2D eigenvalue weighted by molar-refractivity contribution is 0.102. The minimum Gasteiger partial charge on any atom is -0.495 e. The molecule has 1 saturated heterocycles.